The van der Waals surface area contributed by atoms with Crippen LogP contribution in [-0.4, -0.2) is 28.3 Å². The number of rotatable bonds is 7. The Kier molecular flexibility index (Phi) is 5.55. The maximum Gasteiger partial charge on any atom is 0.132 e. The van der Waals surface area contributed by atoms with Crippen molar-refractivity contribution >= 4 is 17.4 Å². The van der Waals surface area contributed by atoms with Crippen LogP contribution in [0.4, 0.5) is 11.6 Å². The number of hydrogen-bond acceptors (Lipinski definition) is 5. The van der Waals surface area contributed by atoms with E-state index in [1.165, 1.54) is 0 Å². The molecule has 1 atom stereocenters. The van der Waals surface area contributed by atoms with Gasteiger partial charge >= 0.3 is 0 Å². The average Bonchev–Trinajstić information content (AvgIpc) is 2.27. The summed E-state index contributed by atoms with van der Waals surface area (Å²) in [6.45, 7) is 8.29. The molecule has 0 fully saturated rings. The number of nitrogens with one attached hydrogen (secondary N) is 2. The summed E-state index contributed by atoms with van der Waals surface area (Å²) >= 11 is 0. The minimum Gasteiger partial charge on any atom is -0.369 e. The van der Waals surface area contributed by atoms with Crippen LogP contribution >= 0.6 is 0 Å². The van der Waals surface area contributed by atoms with Gasteiger partial charge in [-0.3, -0.25) is 4.79 Å². The fraction of sp³-hybridized carbons (Fsp3) is 0.615. The van der Waals surface area contributed by atoms with E-state index in [1.807, 2.05) is 13.0 Å². The molecule has 1 unspecified atom stereocenters. The van der Waals surface area contributed by atoms with Gasteiger partial charge in [-0.1, -0.05) is 6.92 Å². The summed E-state index contributed by atoms with van der Waals surface area (Å²) in [5, 5.41) is 6.45. The molecule has 0 spiro atoms. The molecule has 0 saturated heterocycles. The van der Waals surface area contributed by atoms with Crippen LogP contribution in [0.3, 0.4) is 0 Å². The normalized spacial score (nSPS) is 12.0. The fourth-order valence-electron chi connectivity index (χ4n) is 1.45. The zero-order valence-electron chi connectivity index (χ0n) is 11.6. The number of nitrogens with zero attached hydrogens (tertiary/aromatic N) is 2. The first-order chi connectivity index (χ1) is 8.51. The van der Waals surface area contributed by atoms with Gasteiger partial charge < -0.3 is 10.6 Å². The number of hydrogen-bond donors (Lipinski definition) is 2. The molecule has 1 aromatic rings. The van der Waals surface area contributed by atoms with E-state index >= 15 is 0 Å². The van der Waals surface area contributed by atoms with E-state index in [2.05, 4.69) is 34.4 Å². The van der Waals surface area contributed by atoms with Gasteiger partial charge in [0, 0.05) is 25.1 Å². The molecular weight excluding hydrogens is 228 g/mol. The first-order valence-electron chi connectivity index (χ1n) is 6.36. The number of aromatic nitrogens is 2. The first-order valence-corrected chi connectivity index (χ1v) is 6.36. The quantitative estimate of drug-likeness (QED) is 0.777. The van der Waals surface area contributed by atoms with Gasteiger partial charge in [0.25, 0.3) is 0 Å². The summed E-state index contributed by atoms with van der Waals surface area (Å²) in [5.74, 6) is 2.47. The Morgan fingerprint density at radius 2 is 2.06 bits per heavy atom. The molecule has 0 aliphatic carbocycles. The van der Waals surface area contributed by atoms with Crippen molar-refractivity contribution in [1.29, 1.82) is 0 Å². The van der Waals surface area contributed by atoms with Gasteiger partial charge in [-0.2, -0.15) is 0 Å². The fourth-order valence-corrected chi connectivity index (χ4v) is 1.45. The Morgan fingerprint density at radius 3 is 2.67 bits per heavy atom. The second-order valence-corrected chi connectivity index (χ2v) is 4.52. The molecule has 0 radical (unpaired) electrons. The van der Waals surface area contributed by atoms with Crippen molar-refractivity contribution in [2.75, 3.05) is 17.2 Å². The molecule has 1 aromatic heterocycles. The molecule has 5 nitrogen and oxygen atoms in total. The number of ketones is 1. The highest BCUT2D eigenvalue weighted by molar-refractivity contribution is 5.75. The molecule has 0 aliphatic rings. The van der Waals surface area contributed by atoms with Crippen LogP contribution in [0.5, 0.6) is 0 Å². The largest absolute Gasteiger partial charge is 0.369 e. The molecule has 5 heteroatoms. The summed E-state index contributed by atoms with van der Waals surface area (Å²) in [6.07, 6.45) is 1.55. The highest BCUT2D eigenvalue weighted by Gasteiger charge is 2.04. The Hall–Kier alpha value is -1.65. The number of carbonyl (C=O) groups excluding carboxylic acids is 1. The lowest BCUT2D eigenvalue weighted by molar-refractivity contribution is -0.116. The van der Waals surface area contributed by atoms with Crippen molar-refractivity contribution < 1.29 is 4.79 Å². The number of anilines is 2. The Labute approximate surface area is 108 Å². The minimum atomic E-state index is 0.172. The van der Waals surface area contributed by atoms with Crippen LogP contribution < -0.4 is 10.6 Å². The predicted octanol–water partition coefficient (Wildman–Crippen LogP) is 2.39. The van der Waals surface area contributed by atoms with Crippen LogP contribution in [-0.2, 0) is 4.79 Å². The summed E-state index contributed by atoms with van der Waals surface area (Å²) in [4.78, 5) is 19.5. The number of aryl methyl sites for hydroxylation is 1. The van der Waals surface area contributed by atoms with Crippen molar-refractivity contribution in [1.82, 2.24) is 9.97 Å². The highest BCUT2D eigenvalue weighted by Crippen LogP contribution is 2.12. The standard InChI is InChI=1S/C13H22N4O/c1-5-9(2)15-13-8-12(16-11(4)17-13)14-7-6-10(3)18/h8-9H,5-7H2,1-4H3,(H2,14,15,16,17). The molecule has 0 aromatic carbocycles. The molecular formula is C13H22N4O. The summed E-state index contributed by atoms with van der Waals surface area (Å²) in [7, 11) is 0. The smallest absolute Gasteiger partial charge is 0.132 e. The molecule has 100 valence electrons. The summed E-state index contributed by atoms with van der Waals surface area (Å²) in [6, 6.07) is 2.25. The van der Waals surface area contributed by atoms with E-state index in [9.17, 15) is 4.79 Å². The lowest BCUT2D eigenvalue weighted by atomic mass is 10.2. The molecule has 18 heavy (non-hydrogen) atoms. The predicted molar refractivity (Wildman–Crippen MR) is 73.9 cm³/mol. The van der Waals surface area contributed by atoms with Gasteiger partial charge in [0.1, 0.15) is 23.2 Å². The zero-order chi connectivity index (χ0) is 13.5. The van der Waals surface area contributed by atoms with Gasteiger partial charge in [-0.25, -0.2) is 9.97 Å². The lowest BCUT2D eigenvalue weighted by Crippen LogP contribution is -2.16. The number of carbonyl (C=O) groups is 1. The molecule has 0 amide bonds. The van der Waals surface area contributed by atoms with Crippen molar-refractivity contribution in [2.45, 2.75) is 46.6 Å². The van der Waals surface area contributed by atoms with E-state index in [0.717, 1.165) is 18.1 Å². The molecule has 2 N–H and O–H groups in total. The Bertz CT molecular complexity index is 406. The van der Waals surface area contributed by atoms with Crippen molar-refractivity contribution in [3.8, 4) is 0 Å². The maximum absolute atomic E-state index is 10.9. The SMILES string of the molecule is CCC(C)Nc1cc(NCCC(C)=O)nc(C)n1. The third kappa shape index (κ3) is 5.12. The Balaban J connectivity index is 2.65. The van der Waals surface area contributed by atoms with E-state index in [1.54, 1.807) is 6.92 Å². The van der Waals surface area contributed by atoms with Gasteiger partial charge in [0.15, 0.2) is 0 Å². The van der Waals surface area contributed by atoms with E-state index in [4.69, 9.17) is 0 Å². The molecule has 1 rings (SSSR count). The Morgan fingerprint density at radius 1 is 1.39 bits per heavy atom. The first kappa shape index (κ1) is 14.4. The molecule has 0 bridgehead atoms. The van der Waals surface area contributed by atoms with Gasteiger partial charge in [0.2, 0.25) is 0 Å². The van der Waals surface area contributed by atoms with Gasteiger partial charge in [-0.05, 0) is 27.2 Å². The van der Waals surface area contributed by atoms with Gasteiger partial charge in [0.05, 0.1) is 0 Å². The minimum absolute atomic E-state index is 0.172. The molecule has 0 aliphatic heterocycles. The van der Waals surface area contributed by atoms with Crippen LogP contribution in [0.25, 0.3) is 0 Å². The third-order valence-corrected chi connectivity index (χ3v) is 2.63. The van der Waals surface area contributed by atoms with Crippen molar-refractivity contribution in [3.05, 3.63) is 11.9 Å². The van der Waals surface area contributed by atoms with Crippen LogP contribution in [0.1, 0.15) is 39.4 Å². The van der Waals surface area contributed by atoms with Crippen LogP contribution in [0, 0.1) is 6.92 Å². The van der Waals surface area contributed by atoms with Crippen molar-refractivity contribution in [3.63, 3.8) is 0 Å². The number of Topliss-reactive ketones (excluding diaryl/α,β-unsaturated/α-hetero) is 1. The zero-order valence-corrected chi connectivity index (χ0v) is 11.6. The topological polar surface area (TPSA) is 66.9 Å². The van der Waals surface area contributed by atoms with Crippen molar-refractivity contribution in [2.24, 2.45) is 0 Å². The highest BCUT2D eigenvalue weighted by atomic mass is 16.1. The van der Waals surface area contributed by atoms with Crippen LogP contribution in [0.15, 0.2) is 6.07 Å². The molecule has 1 heterocycles. The van der Waals surface area contributed by atoms with E-state index < -0.39 is 0 Å². The average molecular weight is 250 g/mol. The van der Waals surface area contributed by atoms with Gasteiger partial charge in [-0.15, -0.1) is 0 Å². The second-order valence-electron chi connectivity index (χ2n) is 4.52. The lowest BCUT2D eigenvalue weighted by Gasteiger charge is -2.13. The molecule has 0 saturated carbocycles. The summed E-state index contributed by atoms with van der Waals surface area (Å²) in [5.41, 5.74) is 0. The monoisotopic (exact) mass is 250 g/mol. The van der Waals surface area contributed by atoms with E-state index in [-0.39, 0.29) is 5.78 Å². The summed E-state index contributed by atoms with van der Waals surface area (Å²) < 4.78 is 0. The second kappa shape index (κ2) is 6.93. The third-order valence-electron chi connectivity index (χ3n) is 2.63. The van der Waals surface area contributed by atoms with Crippen LogP contribution in [0.2, 0.25) is 0 Å². The van der Waals surface area contributed by atoms with E-state index in [0.29, 0.717) is 24.8 Å². The maximum atomic E-state index is 10.9.